The average molecular weight is 347 g/mol. The summed E-state index contributed by atoms with van der Waals surface area (Å²) in [6, 6.07) is 17.0. The van der Waals surface area contributed by atoms with E-state index in [1.807, 2.05) is 12.1 Å². The smallest absolute Gasteiger partial charge is 0.181 e. The van der Waals surface area contributed by atoms with Gasteiger partial charge in [0.25, 0.3) is 0 Å². The van der Waals surface area contributed by atoms with E-state index in [-0.39, 0.29) is 11.8 Å². The minimum atomic E-state index is -0.448. The van der Waals surface area contributed by atoms with Gasteiger partial charge in [0.2, 0.25) is 0 Å². The second-order valence-electron chi connectivity index (χ2n) is 6.64. The predicted molar refractivity (Wildman–Crippen MR) is 107 cm³/mol. The SMILES string of the molecule is CC(NCCC1=CCc2ccccc21)c1ccc(/C=C/C(=O)CO)cc1. The van der Waals surface area contributed by atoms with Crippen LogP contribution in [0.4, 0.5) is 0 Å². The number of benzene rings is 2. The van der Waals surface area contributed by atoms with Gasteiger partial charge in [0, 0.05) is 6.04 Å². The second kappa shape index (κ2) is 8.75. The van der Waals surface area contributed by atoms with E-state index < -0.39 is 6.61 Å². The van der Waals surface area contributed by atoms with E-state index in [2.05, 4.69) is 54.7 Å². The molecule has 0 amide bonds. The molecule has 1 aliphatic rings. The van der Waals surface area contributed by atoms with Crippen molar-refractivity contribution in [1.29, 1.82) is 0 Å². The first-order valence-electron chi connectivity index (χ1n) is 9.10. The van der Waals surface area contributed by atoms with E-state index in [9.17, 15) is 4.79 Å². The highest BCUT2D eigenvalue weighted by Gasteiger charge is 2.13. The third kappa shape index (κ3) is 4.57. The van der Waals surface area contributed by atoms with Crippen LogP contribution in [0.1, 0.15) is 41.6 Å². The number of fused-ring (bicyclic) bond motifs is 1. The number of rotatable bonds is 8. The molecule has 3 nitrogen and oxygen atoms in total. The number of ketones is 1. The lowest BCUT2D eigenvalue weighted by Crippen LogP contribution is -2.20. The standard InChI is InChI=1S/C23H25NO2/c1-17(19-9-6-18(7-10-19)8-13-22(26)16-25)24-15-14-21-12-11-20-4-2-3-5-23(20)21/h2-10,12-13,17,24-25H,11,14-16H2,1H3/b13-8+. The Morgan fingerprint density at radius 3 is 2.73 bits per heavy atom. The van der Waals surface area contributed by atoms with E-state index in [0.29, 0.717) is 0 Å². The summed E-state index contributed by atoms with van der Waals surface area (Å²) in [5, 5.41) is 12.3. The maximum atomic E-state index is 11.1. The van der Waals surface area contributed by atoms with Crippen molar-refractivity contribution >= 4 is 17.4 Å². The highest BCUT2D eigenvalue weighted by molar-refractivity contribution is 5.94. The minimum Gasteiger partial charge on any atom is -0.388 e. The van der Waals surface area contributed by atoms with Gasteiger partial charge < -0.3 is 10.4 Å². The molecule has 0 spiro atoms. The van der Waals surface area contributed by atoms with Crippen molar-refractivity contribution in [2.24, 2.45) is 0 Å². The molecule has 26 heavy (non-hydrogen) atoms. The second-order valence-corrected chi connectivity index (χ2v) is 6.64. The number of hydrogen-bond donors (Lipinski definition) is 2. The van der Waals surface area contributed by atoms with Gasteiger partial charge in [-0.1, -0.05) is 60.7 Å². The molecular weight excluding hydrogens is 322 g/mol. The molecule has 0 saturated heterocycles. The van der Waals surface area contributed by atoms with E-state index >= 15 is 0 Å². The molecule has 0 fully saturated rings. The topological polar surface area (TPSA) is 49.3 Å². The molecule has 0 heterocycles. The van der Waals surface area contributed by atoms with Crippen LogP contribution in [0.3, 0.4) is 0 Å². The molecule has 0 bridgehead atoms. The van der Waals surface area contributed by atoms with Gasteiger partial charge in [-0.15, -0.1) is 0 Å². The highest BCUT2D eigenvalue weighted by atomic mass is 16.3. The highest BCUT2D eigenvalue weighted by Crippen LogP contribution is 2.29. The summed E-state index contributed by atoms with van der Waals surface area (Å²) in [6.45, 7) is 2.65. The van der Waals surface area contributed by atoms with Crippen LogP contribution in [0.25, 0.3) is 11.6 Å². The number of carbonyl (C=O) groups is 1. The molecule has 0 aromatic heterocycles. The monoisotopic (exact) mass is 347 g/mol. The Labute approximate surface area is 155 Å². The summed E-state index contributed by atoms with van der Waals surface area (Å²) >= 11 is 0. The summed E-state index contributed by atoms with van der Waals surface area (Å²) in [5.74, 6) is -0.285. The third-order valence-corrected chi connectivity index (χ3v) is 4.83. The van der Waals surface area contributed by atoms with Crippen LogP contribution in [0.5, 0.6) is 0 Å². The summed E-state index contributed by atoms with van der Waals surface area (Å²) in [7, 11) is 0. The zero-order valence-corrected chi connectivity index (χ0v) is 15.1. The molecule has 0 radical (unpaired) electrons. The minimum absolute atomic E-state index is 0.268. The van der Waals surface area contributed by atoms with Crippen molar-refractivity contribution in [3.05, 3.63) is 82.9 Å². The first-order valence-corrected chi connectivity index (χ1v) is 9.10. The van der Waals surface area contributed by atoms with Gasteiger partial charge in [-0.2, -0.15) is 0 Å². The Hall–Kier alpha value is -2.49. The molecule has 134 valence electrons. The van der Waals surface area contributed by atoms with Gasteiger partial charge in [0.05, 0.1) is 0 Å². The van der Waals surface area contributed by atoms with Gasteiger partial charge >= 0.3 is 0 Å². The Morgan fingerprint density at radius 1 is 1.19 bits per heavy atom. The van der Waals surface area contributed by atoms with E-state index in [1.54, 1.807) is 6.08 Å². The Kier molecular flexibility index (Phi) is 6.16. The first kappa shape index (κ1) is 18.3. The van der Waals surface area contributed by atoms with Crippen LogP contribution < -0.4 is 5.32 Å². The Balaban J connectivity index is 1.50. The average Bonchev–Trinajstić information content (AvgIpc) is 3.09. The number of hydrogen-bond acceptors (Lipinski definition) is 3. The fourth-order valence-electron chi connectivity index (χ4n) is 3.27. The van der Waals surface area contributed by atoms with Gasteiger partial charge in [0.1, 0.15) is 6.61 Å². The molecular formula is C23H25NO2. The summed E-state index contributed by atoms with van der Waals surface area (Å²) < 4.78 is 0. The zero-order valence-electron chi connectivity index (χ0n) is 15.1. The summed E-state index contributed by atoms with van der Waals surface area (Å²) in [4.78, 5) is 11.1. The third-order valence-electron chi connectivity index (χ3n) is 4.83. The normalized spacial score (nSPS) is 14.3. The maximum Gasteiger partial charge on any atom is 0.181 e. The van der Waals surface area contributed by atoms with E-state index in [0.717, 1.165) is 24.9 Å². The van der Waals surface area contributed by atoms with Crippen molar-refractivity contribution in [3.8, 4) is 0 Å². The number of nitrogens with one attached hydrogen (secondary N) is 1. The molecule has 1 atom stereocenters. The lowest BCUT2D eigenvalue weighted by Gasteiger charge is -2.15. The number of aliphatic hydroxyl groups excluding tert-OH is 1. The fourth-order valence-corrected chi connectivity index (χ4v) is 3.27. The molecule has 1 unspecified atom stereocenters. The number of allylic oxidation sites excluding steroid dienone is 1. The van der Waals surface area contributed by atoms with Crippen LogP contribution in [0.15, 0.2) is 60.7 Å². The van der Waals surface area contributed by atoms with E-state index in [1.165, 1.54) is 28.3 Å². The molecule has 2 N–H and O–H groups in total. The number of carbonyl (C=O) groups excluding carboxylic acids is 1. The Morgan fingerprint density at radius 2 is 1.96 bits per heavy atom. The van der Waals surface area contributed by atoms with Gasteiger partial charge in [-0.25, -0.2) is 0 Å². The molecule has 0 aliphatic heterocycles. The molecule has 2 aromatic rings. The van der Waals surface area contributed by atoms with Crippen LogP contribution in [0, 0.1) is 0 Å². The molecule has 0 saturated carbocycles. The first-order chi connectivity index (χ1) is 12.7. The lowest BCUT2D eigenvalue weighted by atomic mass is 10.0. The summed E-state index contributed by atoms with van der Waals surface area (Å²) in [6.07, 6.45) is 7.56. The largest absolute Gasteiger partial charge is 0.388 e. The van der Waals surface area contributed by atoms with Crippen LogP contribution in [-0.2, 0) is 11.2 Å². The van der Waals surface area contributed by atoms with Crippen molar-refractivity contribution in [2.75, 3.05) is 13.2 Å². The Bertz CT molecular complexity index is 818. The predicted octanol–water partition coefficient (Wildman–Crippen LogP) is 3.94. The molecule has 2 aromatic carbocycles. The maximum absolute atomic E-state index is 11.1. The van der Waals surface area contributed by atoms with Gasteiger partial charge in [-0.05, 0) is 60.2 Å². The molecule has 3 rings (SSSR count). The summed E-state index contributed by atoms with van der Waals surface area (Å²) in [5.41, 5.74) is 6.44. The lowest BCUT2D eigenvalue weighted by molar-refractivity contribution is -0.117. The van der Waals surface area contributed by atoms with Crippen molar-refractivity contribution in [2.45, 2.75) is 25.8 Å². The van der Waals surface area contributed by atoms with Crippen LogP contribution in [0.2, 0.25) is 0 Å². The fraction of sp³-hybridized carbons (Fsp3) is 0.261. The van der Waals surface area contributed by atoms with Crippen LogP contribution >= 0.6 is 0 Å². The van der Waals surface area contributed by atoms with Crippen molar-refractivity contribution in [1.82, 2.24) is 5.32 Å². The zero-order chi connectivity index (χ0) is 18.4. The van der Waals surface area contributed by atoms with Crippen LogP contribution in [-0.4, -0.2) is 24.0 Å². The molecule has 3 heteroatoms. The van der Waals surface area contributed by atoms with Crippen molar-refractivity contribution in [3.63, 3.8) is 0 Å². The molecule has 1 aliphatic carbocycles. The van der Waals surface area contributed by atoms with E-state index in [4.69, 9.17) is 5.11 Å². The van der Waals surface area contributed by atoms with Gasteiger partial charge in [0.15, 0.2) is 5.78 Å². The number of aliphatic hydroxyl groups is 1. The van der Waals surface area contributed by atoms with Gasteiger partial charge in [-0.3, -0.25) is 4.79 Å². The van der Waals surface area contributed by atoms with Crippen molar-refractivity contribution < 1.29 is 9.90 Å². The quantitative estimate of drug-likeness (QED) is 0.711.